The molecular weight excluding hydrogens is 218 g/mol. The second-order valence-corrected chi connectivity index (χ2v) is 6.73. The normalized spacial score (nSPS) is 32.6. The van der Waals surface area contributed by atoms with E-state index in [-0.39, 0.29) is 0 Å². The molecule has 96 valence electrons. The van der Waals surface area contributed by atoms with Gasteiger partial charge >= 0.3 is 0 Å². The molecule has 2 nitrogen and oxygen atoms in total. The Labute approximate surface area is 103 Å². The van der Waals surface area contributed by atoms with Crippen LogP contribution in [-0.4, -0.2) is 28.3 Å². The van der Waals surface area contributed by atoms with Crippen molar-refractivity contribution < 1.29 is 4.21 Å². The maximum Gasteiger partial charge on any atom is 0.0503 e. The minimum Gasteiger partial charge on any atom is -0.316 e. The van der Waals surface area contributed by atoms with E-state index in [1.54, 1.807) is 0 Å². The van der Waals surface area contributed by atoms with Crippen LogP contribution in [0, 0.1) is 5.92 Å². The van der Waals surface area contributed by atoms with Crippen molar-refractivity contribution in [3.63, 3.8) is 0 Å². The second-order valence-electron chi connectivity index (χ2n) is 4.96. The van der Waals surface area contributed by atoms with Gasteiger partial charge in [-0.05, 0) is 38.6 Å². The summed E-state index contributed by atoms with van der Waals surface area (Å²) in [6, 6.07) is 0.487. The molecule has 0 spiro atoms. The Morgan fingerprint density at radius 3 is 2.62 bits per heavy atom. The van der Waals surface area contributed by atoms with Crippen LogP contribution in [0.25, 0.3) is 0 Å². The van der Waals surface area contributed by atoms with E-state index in [0.29, 0.717) is 11.3 Å². The van der Waals surface area contributed by atoms with Crippen molar-refractivity contribution in [1.82, 2.24) is 5.32 Å². The van der Waals surface area contributed by atoms with Gasteiger partial charge < -0.3 is 5.32 Å². The highest BCUT2D eigenvalue weighted by molar-refractivity contribution is 7.85. The van der Waals surface area contributed by atoms with Crippen LogP contribution < -0.4 is 5.32 Å². The average Bonchev–Trinajstić information content (AvgIpc) is 2.35. The first-order valence-electron chi connectivity index (χ1n) is 6.77. The lowest BCUT2D eigenvalue weighted by atomic mass is 9.84. The van der Waals surface area contributed by atoms with E-state index < -0.39 is 10.8 Å². The van der Waals surface area contributed by atoms with E-state index in [1.807, 2.05) is 7.05 Å². The van der Waals surface area contributed by atoms with Gasteiger partial charge in [-0.15, -0.1) is 0 Å². The third-order valence-corrected chi connectivity index (χ3v) is 5.77. The molecule has 0 radical (unpaired) electrons. The predicted octanol–water partition coefficient (Wildman–Crippen LogP) is 2.70. The van der Waals surface area contributed by atoms with Gasteiger partial charge in [-0.1, -0.05) is 26.7 Å². The highest BCUT2D eigenvalue weighted by Gasteiger charge is 2.32. The minimum absolute atomic E-state index is 0.398. The fourth-order valence-corrected chi connectivity index (χ4v) is 4.64. The van der Waals surface area contributed by atoms with Gasteiger partial charge in [-0.25, -0.2) is 0 Å². The van der Waals surface area contributed by atoms with Crippen molar-refractivity contribution in [1.29, 1.82) is 0 Å². The van der Waals surface area contributed by atoms with Gasteiger partial charge in [-0.3, -0.25) is 4.21 Å². The fraction of sp³-hybridized carbons (Fsp3) is 1.00. The van der Waals surface area contributed by atoms with Crippen LogP contribution in [0.4, 0.5) is 0 Å². The number of hydrogen-bond donors (Lipinski definition) is 1. The van der Waals surface area contributed by atoms with Crippen molar-refractivity contribution in [2.45, 2.75) is 63.7 Å². The topological polar surface area (TPSA) is 29.1 Å². The summed E-state index contributed by atoms with van der Waals surface area (Å²) in [5, 5.41) is 3.76. The maximum atomic E-state index is 12.3. The molecule has 1 aliphatic rings. The molecule has 0 aromatic carbocycles. The van der Waals surface area contributed by atoms with E-state index in [4.69, 9.17) is 0 Å². The first-order chi connectivity index (χ1) is 7.72. The standard InChI is InChI=1S/C13H27NOS/c1-4-6-9-16(15)13-10-11(5-2)7-8-12(13)14-3/h11-14H,4-10H2,1-3H3. The van der Waals surface area contributed by atoms with E-state index in [9.17, 15) is 4.21 Å². The first kappa shape index (κ1) is 14.2. The molecule has 0 aromatic heterocycles. The summed E-state index contributed by atoms with van der Waals surface area (Å²) in [7, 11) is 1.39. The molecule has 1 saturated carbocycles. The zero-order chi connectivity index (χ0) is 12.0. The fourth-order valence-electron chi connectivity index (χ4n) is 2.64. The van der Waals surface area contributed by atoms with Gasteiger partial charge in [0.1, 0.15) is 0 Å². The summed E-state index contributed by atoms with van der Waals surface area (Å²) < 4.78 is 12.3. The van der Waals surface area contributed by atoms with Crippen molar-refractivity contribution >= 4 is 10.8 Å². The molecule has 4 unspecified atom stereocenters. The third kappa shape index (κ3) is 3.85. The molecule has 0 saturated heterocycles. The largest absolute Gasteiger partial charge is 0.316 e. The quantitative estimate of drug-likeness (QED) is 0.779. The van der Waals surface area contributed by atoms with Crippen molar-refractivity contribution in [3.8, 4) is 0 Å². The lowest BCUT2D eigenvalue weighted by Crippen LogP contribution is -2.45. The van der Waals surface area contributed by atoms with Crippen molar-refractivity contribution in [3.05, 3.63) is 0 Å². The molecule has 3 heteroatoms. The first-order valence-corrected chi connectivity index (χ1v) is 8.15. The Bertz CT molecular complexity index is 220. The lowest BCUT2D eigenvalue weighted by Gasteiger charge is -2.35. The predicted molar refractivity (Wildman–Crippen MR) is 72.2 cm³/mol. The summed E-state index contributed by atoms with van der Waals surface area (Å²) in [4.78, 5) is 0. The van der Waals surface area contributed by atoms with Gasteiger partial charge in [0.25, 0.3) is 0 Å². The Kier molecular flexibility index (Phi) is 6.59. The molecule has 1 aliphatic carbocycles. The molecular formula is C13H27NOS. The molecule has 0 bridgehead atoms. The number of unbranched alkanes of at least 4 members (excludes halogenated alkanes) is 1. The molecule has 4 atom stereocenters. The summed E-state index contributed by atoms with van der Waals surface area (Å²) in [5.74, 6) is 1.70. The van der Waals surface area contributed by atoms with Crippen LogP contribution in [0.1, 0.15) is 52.4 Å². The maximum absolute atomic E-state index is 12.3. The summed E-state index contributed by atoms with van der Waals surface area (Å²) in [5.41, 5.74) is 0. The molecule has 0 amide bonds. The summed E-state index contributed by atoms with van der Waals surface area (Å²) in [6.45, 7) is 4.43. The molecule has 0 aliphatic heterocycles. The molecule has 16 heavy (non-hydrogen) atoms. The van der Waals surface area contributed by atoms with E-state index in [0.717, 1.165) is 24.5 Å². The lowest BCUT2D eigenvalue weighted by molar-refractivity contribution is 0.301. The van der Waals surface area contributed by atoms with Crippen LogP contribution in [-0.2, 0) is 10.8 Å². The van der Waals surface area contributed by atoms with Crippen LogP contribution in [0.2, 0.25) is 0 Å². The van der Waals surface area contributed by atoms with Crippen LogP contribution in [0.3, 0.4) is 0 Å². The van der Waals surface area contributed by atoms with Gasteiger partial charge in [0.15, 0.2) is 0 Å². The Hall–Kier alpha value is 0.110. The molecule has 1 fully saturated rings. The number of nitrogens with one attached hydrogen (secondary N) is 1. The van der Waals surface area contributed by atoms with E-state index >= 15 is 0 Å². The van der Waals surface area contributed by atoms with Gasteiger partial charge in [0.05, 0.1) is 5.25 Å². The van der Waals surface area contributed by atoms with E-state index in [2.05, 4.69) is 19.2 Å². The van der Waals surface area contributed by atoms with Gasteiger partial charge in [0, 0.05) is 22.6 Å². The van der Waals surface area contributed by atoms with Crippen molar-refractivity contribution in [2.75, 3.05) is 12.8 Å². The molecule has 0 aromatic rings. The highest BCUT2D eigenvalue weighted by Crippen LogP contribution is 2.30. The smallest absolute Gasteiger partial charge is 0.0503 e. The minimum atomic E-state index is -0.621. The zero-order valence-corrected chi connectivity index (χ0v) is 11.8. The van der Waals surface area contributed by atoms with E-state index in [1.165, 1.54) is 25.7 Å². The second kappa shape index (κ2) is 7.44. The van der Waals surface area contributed by atoms with Gasteiger partial charge in [0.2, 0.25) is 0 Å². The summed E-state index contributed by atoms with van der Waals surface area (Å²) in [6.07, 6.45) is 7.19. The Balaban J connectivity index is 2.53. The van der Waals surface area contributed by atoms with Crippen LogP contribution >= 0.6 is 0 Å². The SMILES string of the molecule is CCCCS(=O)C1CC(CC)CCC1NC. The number of rotatable bonds is 6. The monoisotopic (exact) mass is 245 g/mol. The Morgan fingerprint density at radius 2 is 2.06 bits per heavy atom. The van der Waals surface area contributed by atoms with Gasteiger partial charge in [-0.2, -0.15) is 0 Å². The molecule has 0 heterocycles. The summed E-state index contributed by atoms with van der Waals surface area (Å²) >= 11 is 0. The van der Waals surface area contributed by atoms with Crippen LogP contribution in [0.5, 0.6) is 0 Å². The highest BCUT2D eigenvalue weighted by atomic mass is 32.2. The molecule has 1 rings (SSSR count). The zero-order valence-electron chi connectivity index (χ0n) is 11.0. The third-order valence-electron chi connectivity index (χ3n) is 3.89. The van der Waals surface area contributed by atoms with Crippen molar-refractivity contribution in [2.24, 2.45) is 5.92 Å². The number of hydrogen-bond acceptors (Lipinski definition) is 2. The Morgan fingerprint density at radius 1 is 1.31 bits per heavy atom. The van der Waals surface area contributed by atoms with Crippen LogP contribution in [0.15, 0.2) is 0 Å². The average molecular weight is 245 g/mol. The molecule has 1 N–H and O–H groups in total.